The van der Waals surface area contributed by atoms with Gasteiger partial charge in [0.05, 0.1) is 30.5 Å². The molecule has 2 amide bonds. The molecular formula is C23H28BrN3O6. The number of ether oxygens (including phenoxy) is 4. The van der Waals surface area contributed by atoms with E-state index >= 15 is 0 Å². The summed E-state index contributed by atoms with van der Waals surface area (Å²) in [6.07, 6.45) is 2.33. The van der Waals surface area contributed by atoms with Crippen LogP contribution in [0.2, 0.25) is 0 Å². The molecule has 2 rings (SSSR count). The zero-order valence-electron chi connectivity index (χ0n) is 18.9. The molecule has 0 radical (unpaired) electrons. The monoisotopic (exact) mass is 521 g/mol. The van der Waals surface area contributed by atoms with Gasteiger partial charge in [-0.05, 0) is 72.1 Å². The third-order valence-electron chi connectivity index (χ3n) is 4.04. The fraction of sp³-hybridized carbons (Fsp3) is 0.348. The molecule has 33 heavy (non-hydrogen) atoms. The summed E-state index contributed by atoms with van der Waals surface area (Å²) < 4.78 is 22.8. The van der Waals surface area contributed by atoms with Crippen molar-refractivity contribution in [2.24, 2.45) is 10.8 Å². The number of amides is 2. The number of rotatable bonds is 13. The number of nitrogens with two attached hydrogens (primary N) is 1. The van der Waals surface area contributed by atoms with Crippen LogP contribution < -0.4 is 30.1 Å². The largest absolute Gasteiger partial charge is 0.490 e. The molecule has 0 saturated heterocycles. The van der Waals surface area contributed by atoms with Gasteiger partial charge in [-0.2, -0.15) is 5.10 Å². The number of nitrogens with zero attached hydrogens (tertiary/aromatic N) is 1. The number of hydrazone groups is 1. The Morgan fingerprint density at radius 2 is 1.73 bits per heavy atom. The van der Waals surface area contributed by atoms with E-state index in [1.165, 1.54) is 6.21 Å². The smallest absolute Gasteiger partial charge is 0.271 e. The molecule has 0 heterocycles. The van der Waals surface area contributed by atoms with Crippen LogP contribution in [0.25, 0.3) is 0 Å². The average molecular weight is 522 g/mol. The number of nitrogens with one attached hydrogen (secondary N) is 1. The quantitative estimate of drug-likeness (QED) is 0.306. The van der Waals surface area contributed by atoms with Crippen molar-refractivity contribution in [2.75, 3.05) is 26.4 Å². The Bertz CT molecular complexity index is 996. The Morgan fingerprint density at radius 3 is 2.39 bits per heavy atom. The SMILES string of the molecule is CCCOc1ccc(C(=O)N/N=C/c2cc(Br)c(OCC(N)=O)c(OCC)c2)cc1OCC. The molecule has 2 aromatic rings. The predicted octanol–water partition coefficient (Wildman–Crippen LogP) is 3.66. The Hall–Kier alpha value is -3.27. The van der Waals surface area contributed by atoms with Crippen LogP contribution in [0.5, 0.6) is 23.0 Å². The topological polar surface area (TPSA) is 121 Å². The van der Waals surface area contributed by atoms with E-state index in [1.807, 2.05) is 20.8 Å². The summed E-state index contributed by atoms with van der Waals surface area (Å²) in [4.78, 5) is 23.6. The maximum atomic E-state index is 12.5. The normalized spacial score (nSPS) is 10.7. The lowest BCUT2D eigenvalue weighted by atomic mass is 10.2. The first-order valence-electron chi connectivity index (χ1n) is 10.5. The third-order valence-corrected chi connectivity index (χ3v) is 4.63. The van der Waals surface area contributed by atoms with Gasteiger partial charge in [0, 0.05) is 5.56 Å². The summed E-state index contributed by atoms with van der Waals surface area (Å²) in [5, 5.41) is 4.02. The summed E-state index contributed by atoms with van der Waals surface area (Å²) in [5.41, 5.74) is 8.65. The van der Waals surface area contributed by atoms with E-state index in [2.05, 4.69) is 26.5 Å². The van der Waals surface area contributed by atoms with Gasteiger partial charge in [0.2, 0.25) is 0 Å². The van der Waals surface area contributed by atoms with E-state index in [9.17, 15) is 9.59 Å². The second kappa shape index (κ2) is 13.3. The molecule has 0 atom stereocenters. The first-order chi connectivity index (χ1) is 15.9. The lowest BCUT2D eigenvalue weighted by molar-refractivity contribution is -0.119. The first-order valence-corrected chi connectivity index (χ1v) is 11.3. The number of carbonyl (C=O) groups is 2. The first kappa shape index (κ1) is 26.0. The van der Waals surface area contributed by atoms with Crippen molar-refractivity contribution in [3.63, 3.8) is 0 Å². The Labute approximate surface area is 201 Å². The van der Waals surface area contributed by atoms with Crippen LogP contribution in [0.4, 0.5) is 0 Å². The van der Waals surface area contributed by atoms with E-state index in [0.29, 0.717) is 58.4 Å². The Balaban J connectivity index is 2.14. The van der Waals surface area contributed by atoms with Gasteiger partial charge in [-0.3, -0.25) is 9.59 Å². The summed E-state index contributed by atoms with van der Waals surface area (Å²) in [6, 6.07) is 8.35. The maximum absolute atomic E-state index is 12.5. The zero-order valence-corrected chi connectivity index (χ0v) is 20.4. The molecule has 0 aliphatic rings. The highest BCUT2D eigenvalue weighted by Gasteiger charge is 2.14. The summed E-state index contributed by atoms with van der Waals surface area (Å²) >= 11 is 3.39. The number of carbonyl (C=O) groups excluding carboxylic acids is 2. The highest BCUT2D eigenvalue weighted by Crippen LogP contribution is 2.36. The predicted molar refractivity (Wildman–Crippen MR) is 128 cm³/mol. The van der Waals surface area contributed by atoms with E-state index in [-0.39, 0.29) is 6.61 Å². The number of benzene rings is 2. The Kier molecular flexibility index (Phi) is 10.5. The molecule has 9 nitrogen and oxygen atoms in total. The van der Waals surface area contributed by atoms with Crippen molar-refractivity contribution in [2.45, 2.75) is 27.2 Å². The average Bonchev–Trinajstić information content (AvgIpc) is 2.77. The van der Waals surface area contributed by atoms with Crippen molar-refractivity contribution >= 4 is 34.0 Å². The van der Waals surface area contributed by atoms with Crippen LogP contribution >= 0.6 is 15.9 Å². The van der Waals surface area contributed by atoms with Crippen LogP contribution in [0.3, 0.4) is 0 Å². The number of halogens is 1. The van der Waals surface area contributed by atoms with E-state index in [0.717, 1.165) is 6.42 Å². The zero-order chi connectivity index (χ0) is 24.2. The molecule has 178 valence electrons. The second-order valence-corrected chi connectivity index (χ2v) is 7.51. The lowest BCUT2D eigenvalue weighted by Crippen LogP contribution is -2.20. The molecular weight excluding hydrogens is 494 g/mol. The summed E-state index contributed by atoms with van der Waals surface area (Å²) in [6.45, 7) is 6.80. The van der Waals surface area contributed by atoms with Crippen molar-refractivity contribution in [3.8, 4) is 23.0 Å². The Morgan fingerprint density at radius 1 is 1.00 bits per heavy atom. The molecule has 0 saturated carbocycles. The molecule has 0 aliphatic carbocycles. The molecule has 3 N–H and O–H groups in total. The third kappa shape index (κ3) is 7.98. The highest BCUT2D eigenvalue weighted by molar-refractivity contribution is 9.10. The minimum absolute atomic E-state index is 0.284. The van der Waals surface area contributed by atoms with E-state index in [1.54, 1.807) is 30.3 Å². The minimum Gasteiger partial charge on any atom is -0.490 e. The molecule has 2 aromatic carbocycles. The number of hydrogen-bond donors (Lipinski definition) is 2. The maximum Gasteiger partial charge on any atom is 0.271 e. The fourth-order valence-corrected chi connectivity index (χ4v) is 3.26. The number of hydrogen-bond acceptors (Lipinski definition) is 7. The van der Waals surface area contributed by atoms with Crippen LogP contribution in [-0.4, -0.2) is 44.5 Å². The second-order valence-electron chi connectivity index (χ2n) is 6.66. The molecule has 0 spiro atoms. The summed E-state index contributed by atoms with van der Waals surface area (Å²) in [5.74, 6) is 0.843. The van der Waals surface area contributed by atoms with Crippen LogP contribution in [0.15, 0.2) is 39.9 Å². The number of primary amides is 1. The van der Waals surface area contributed by atoms with Gasteiger partial charge >= 0.3 is 0 Å². The minimum atomic E-state index is -0.602. The van der Waals surface area contributed by atoms with Gasteiger partial charge in [0.15, 0.2) is 29.6 Å². The molecule has 0 aliphatic heterocycles. The van der Waals surface area contributed by atoms with Crippen molar-refractivity contribution in [1.82, 2.24) is 5.43 Å². The molecule has 0 bridgehead atoms. The lowest BCUT2D eigenvalue weighted by Gasteiger charge is -2.13. The highest BCUT2D eigenvalue weighted by atomic mass is 79.9. The van der Waals surface area contributed by atoms with E-state index in [4.69, 9.17) is 24.7 Å². The van der Waals surface area contributed by atoms with Gasteiger partial charge in [-0.15, -0.1) is 0 Å². The fourth-order valence-electron chi connectivity index (χ4n) is 2.69. The van der Waals surface area contributed by atoms with Crippen molar-refractivity contribution in [1.29, 1.82) is 0 Å². The van der Waals surface area contributed by atoms with Crippen LogP contribution in [0.1, 0.15) is 43.1 Å². The molecule has 0 unspecified atom stereocenters. The standard InChI is InChI=1S/C23H28BrN3O6/c1-4-9-32-18-8-7-16(12-19(18)30-5-2)23(29)27-26-13-15-10-17(24)22(33-14-21(25)28)20(11-15)31-6-3/h7-8,10-13H,4-6,9,14H2,1-3H3,(H2,25,28)(H,27,29)/b26-13+. The molecule has 0 aromatic heterocycles. The van der Waals surface area contributed by atoms with Gasteiger partial charge in [0.1, 0.15) is 0 Å². The van der Waals surface area contributed by atoms with Gasteiger partial charge in [-0.1, -0.05) is 6.92 Å². The van der Waals surface area contributed by atoms with Crippen LogP contribution in [-0.2, 0) is 4.79 Å². The van der Waals surface area contributed by atoms with Gasteiger partial charge in [0.25, 0.3) is 11.8 Å². The molecule has 10 heteroatoms. The summed E-state index contributed by atoms with van der Waals surface area (Å²) in [7, 11) is 0. The molecule has 0 fully saturated rings. The van der Waals surface area contributed by atoms with Crippen molar-refractivity contribution in [3.05, 3.63) is 45.9 Å². The van der Waals surface area contributed by atoms with E-state index < -0.39 is 11.8 Å². The van der Waals surface area contributed by atoms with Crippen molar-refractivity contribution < 1.29 is 28.5 Å². The van der Waals surface area contributed by atoms with Crippen LogP contribution in [0, 0.1) is 0 Å². The van der Waals surface area contributed by atoms with Gasteiger partial charge in [-0.25, -0.2) is 5.43 Å². The van der Waals surface area contributed by atoms with Gasteiger partial charge < -0.3 is 24.7 Å².